The lowest BCUT2D eigenvalue weighted by Crippen LogP contribution is -2.26. The normalized spacial score (nSPS) is 21.0. The van der Waals surface area contributed by atoms with E-state index >= 15 is 0 Å². The van der Waals surface area contributed by atoms with E-state index in [0.29, 0.717) is 12.0 Å². The molecule has 0 spiro atoms. The van der Waals surface area contributed by atoms with Gasteiger partial charge in [0.1, 0.15) is 11.9 Å². The van der Waals surface area contributed by atoms with Gasteiger partial charge in [0.25, 0.3) is 0 Å². The maximum Gasteiger partial charge on any atom is 0.123 e. The summed E-state index contributed by atoms with van der Waals surface area (Å²) in [5.41, 5.74) is 1.24. The van der Waals surface area contributed by atoms with Crippen molar-refractivity contribution in [3.63, 3.8) is 0 Å². The number of fused-ring (bicyclic) bond motifs is 1. The summed E-state index contributed by atoms with van der Waals surface area (Å²) in [5.74, 6) is 1.62. The highest BCUT2D eigenvalue weighted by atomic mass is 16.5. The van der Waals surface area contributed by atoms with Crippen molar-refractivity contribution in [2.45, 2.75) is 26.4 Å². The molecule has 0 amide bonds. The fourth-order valence-electron chi connectivity index (χ4n) is 1.62. The van der Waals surface area contributed by atoms with Crippen LogP contribution in [-0.4, -0.2) is 6.10 Å². The smallest absolute Gasteiger partial charge is 0.123 e. The van der Waals surface area contributed by atoms with Crippen LogP contribution in [0.1, 0.15) is 25.8 Å². The first kappa shape index (κ1) is 8.61. The van der Waals surface area contributed by atoms with Crippen molar-refractivity contribution in [3.05, 3.63) is 36.2 Å². The Hall–Kier alpha value is -0.980. The number of para-hydroxylation sites is 1. The molecular formula is C12H15O. The summed E-state index contributed by atoms with van der Waals surface area (Å²) in [6.45, 7) is 4.40. The average Bonchev–Trinajstić information content (AvgIpc) is 2.17. The second-order valence-corrected chi connectivity index (χ2v) is 3.88. The Morgan fingerprint density at radius 3 is 2.85 bits per heavy atom. The highest BCUT2D eigenvalue weighted by Crippen LogP contribution is 2.30. The van der Waals surface area contributed by atoms with E-state index in [1.165, 1.54) is 5.56 Å². The molecule has 1 radical (unpaired) electrons. The van der Waals surface area contributed by atoms with Gasteiger partial charge in [-0.1, -0.05) is 32.0 Å². The topological polar surface area (TPSA) is 9.23 Å². The molecule has 1 heterocycles. The van der Waals surface area contributed by atoms with Gasteiger partial charge >= 0.3 is 0 Å². The van der Waals surface area contributed by atoms with Crippen molar-refractivity contribution in [1.29, 1.82) is 0 Å². The molecule has 0 bridgehead atoms. The summed E-state index contributed by atoms with van der Waals surface area (Å²) >= 11 is 0. The second-order valence-electron chi connectivity index (χ2n) is 3.88. The van der Waals surface area contributed by atoms with Crippen molar-refractivity contribution in [2.24, 2.45) is 5.92 Å². The first-order valence-corrected chi connectivity index (χ1v) is 4.86. The number of hydrogen-bond acceptors (Lipinski definition) is 1. The first-order valence-electron chi connectivity index (χ1n) is 4.86. The maximum atomic E-state index is 5.86. The molecule has 69 valence electrons. The van der Waals surface area contributed by atoms with E-state index in [2.05, 4.69) is 26.3 Å². The van der Waals surface area contributed by atoms with Crippen molar-refractivity contribution >= 4 is 0 Å². The maximum absolute atomic E-state index is 5.86. The van der Waals surface area contributed by atoms with E-state index in [1.54, 1.807) is 0 Å². The van der Waals surface area contributed by atoms with Crippen LogP contribution in [0.25, 0.3) is 0 Å². The Balaban J connectivity index is 2.20. The third-order valence-electron chi connectivity index (χ3n) is 2.51. The third-order valence-corrected chi connectivity index (χ3v) is 2.51. The predicted octanol–water partition coefficient (Wildman–Crippen LogP) is 3.05. The number of benzene rings is 1. The predicted molar refractivity (Wildman–Crippen MR) is 53.7 cm³/mol. The zero-order valence-corrected chi connectivity index (χ0v) is 8.16. The van der Waals surface area contributed by atoms with Crippen LogP contribution in [0.3, 0.4) is 0 Å². The summed E-state index contributed by atoms with van der Waals surface area (Å²) in [4.78, 5) is 0. The van der Waals surface area contributed by atoms with Gasteiger partial charge in [0, 0.05) is 0 Å². The molecule has 1 unspecified atom stereocenters. The fourth-order valence-corrected chi connectivity index (χ4v) is 1.62. The largest absolute Gasteiger partial charge is 0.490 e. The number of hydrogen-bond donors (Lipinski definition) is 0. The van der Waals surface area contributed by atoms with Crippen LogP contribution in [0.2, 0.25) is 0 Å². The summed E-state index contributed by atoms with van der Waals surface area (Å²) < 4.78 is 5.86. The number of ether oxygens (including phenoxy) is 1. The van der Waals surface area contributed by atoms with E-state index in [-0.39, 0.29) is 0 Å². The Kier molecular flexibility index (Phi) is 2.26. The molecule has 1 aliphatic rings. The van der Waals surface area contributed by atoms with Gasteiger partial charge in [-0.15, -0.1) is 0 Å². The first-order chi connectivity index (χ1) is 6.27. The summed E-state index contributed by atoms with van der Waals surface area (Å²) in [6, 6.07) is 8.22. The van der Waals surface area contributed by atoms with E-state index in [9.17, 15) is 0 Å². The minimum absolute atomic E-state index is 0.356. The van der Waals surface area contributed by atoms with Gasteiger partial charge in [0.15, 0.2) is 0 Å². The van der Waals surface area contributed by atoms with Crippen LogP contribution in [0.4, 0.5) is 0 Å². The van der Waals surface area contributed by atoms with Gasteiger partial charge in [0.05, 0.1) is 0 Å². The quantitative estimate of drug-likeness (QED) is 0.637. The molecule has 13 heavy (non-hydrogen) atoms. The van der Waals surface area contributed by atoms with Gasteiger partial charge in [-0.3, -0.25) is 0 Å². The Morgan fingerprint density at radius 2 is 2.08 bits per heavy atom. The molecule has 0 N–H and O–H groups in total. The minimum atomic E-state index is 0.356. The molecule has 1 aromatic rings. The van der Waals surface area contributed by atoms with Crippen LogP contribution in [0.15, 0.2) is 24.3 Å². The van der Waals surface area contributed by atoms with Crippen LogP contribution < -0.4 is 4.74 Å². The number of rotatable bonds is 1. The van der Waals surface area contributed by atoms with Crippen LogP contribution >= 0.6 is 0 Å². The zero-order chi connectivity index (χ0) is 9.26. The standard InChI is InChI=1S/C12H15O/c1-9(2)11-8-7-10-5-3-4-6-12(10)13-11/h3-7,9,11H,8H2,1-2H3. The Morgan fingerprint density at radius 1 is 1.31 bits per heavy atom. The summed E-state index contributed by atoms with van der Waals surface area (Å²) in [6.07, 6.45) is 3.66. The van der Waals surface area contributed by atoms with Gasteiger partial charge in [0.2, 0.25) is 0 Å². The van der Waals surface area contributed by atoms with E-state index in [1.807, 2.05) is 18.2 Å². The lowest BCUT2D eigenvalue weighted by atomic mass is 9.96. The highest BCUT2D eigenvalue weighted by Gasteiger charge is 2.21. The fraction of sp³-hybridized carbons (Fsp3) is 0.417. The molecule has 1 atom stereocenters. The van der Waals surface area contributed by atoms with Crippen LogP contribution in [0, 0.1) is 12.3 Å². The third kappa shape index (κ3) is 1.69. The van der Waals surface area contributed by atoms with Gasteiger partial charge < -0.3 is 4.74 Å². The molecule has 1 aromatic carbocycles. The van der Waals surface area contributed by atoms with Crippen LogP contribution in [0.5, 0.6) is 5.75 Å². The molecule has 1 heteroatoms. The molecule has 1 aliphatic heterocycles. The Labute approximate surface area is 79.7 Å². The second kappa shape index (κ2) is 3.41. The highest BCUT2D eigenvalue weighted by molar-refractivity contribution is 5.40. The Bertz CT molecular complexity index is 291. The van der Waals surface area contributed by atoms with Crippen molar-refractivity contribution < 1.29 is 4.74 Å². The molecule has 0 aromatic heterocycles. The van der Waals surface area contributed by atoms with E-state index in [0.717, 1.165) is 12.2 Å². The molecule has 0 saturated carbocycles. The molecule has 0 fully saturated rings. The van der Waals surface area contributed by atoms with Crippen molar-refractivity contribution in [2.75, 3.05) is 0 Å². The van der Waals surface area contributed by atoms with E-state index < -0.39 is 0 Å². The van der Waals surface area contributed by atoms with Gasteiger partial charge in [-0.05, 0) is 30.4 Å². The molecule has 2 rings (SSSR count). The zero-order valence-electron chi connectivity index (χ0n) is 8.16. The lowest BCUT2D eigenvalue weighted by molar-refractivity contribution is 0.141. The summed E-state index contributed by atoms with van der Waals surface area (Å²) in [7, 11) is 0. The average molecular weight is 175 g/mol. The SMILES string of the molecule is CC(C)C1C[CH]c2ccccc2O1. The van der Waals surface area contributed by atoms with Crippen LogP contribution in [-0.2, 0) is 0 Å². The molecule has 0 saturated heterocycles. The lowest BCUT2D eigenvalue weighted by Gasteiger charge is -2.28. The van der Waals surface area contributed by atoms with Crippen molar-refractivity contribution in [1.82, 2.24) is 0 Å². The minimum Gasteiger partial charge on any atom is -0.490 e. The van der Waals surface area contributed by atoms with Gasteiger partial charge in [-0.2, -0.15) is 0 Å². The molecule has 1 nitrogen and oxygen atoms in total. The monoisotopic (exact) mass is 175 g/mol. The molecular weight excluding hydrogens is 160 g/mol. The van der Waals surface area contributed by atoms with Gasteiger partial charge in [-0.25, -0.2) is 0 Å². The van der Waals surface area contributed by atoms with Crippen molar-refractivity contribution in [3.8, 4) is 5.75 Å². The van der Waals surface area contributed by atoms with E-state index in [4.69, 9.17) is 4.74 Å². The summed E-state index contributed by atoms with van der Waals surface area (Å²) in [5, 5.41) is 0. The molecule has 0 aliphatic carbocycles.